The summed E-state index contributed by atoms with van der Waals surface area (Å²) in [7, 11) is 0. The van der Waals surface area contributed by atoms with Crippen LogP contribution in [0.3, 0.4) is 0 Å². The molecule has 3 heteroatoms. The molecule has 0 aliphatic heterocycles. The maximum absolute atomic E-state index is 11.3. The van der Waals surface area contributed by atoms with Crippen molar-refractivity contribution < 1.29 is 14.3 Å². The molecule has 0 N–H and O–H groups in total. The van der Waals surface area contributed by atoms with Crippen LogP contribution in [0.5, 0.6) is 0 Å². The molecule has 0 aromatic heterocycles. The number of rotatable bonds is 7. The number of ether oxygens (including phenoxy) is 2. The average Bonchev–Trinajstić information content (AvgIpc) is 2.28. The van der Waals surface area contributed by atoms with E-state index in [1.165, 1.54) is 0 Å². The highest BCUT2D eigenvalue weighted by Crippen LogP contribution is 2.00. The molecule has 0 atom stereocenters. The summed E-state index contributed by atoms with van der Waals surface area (Å²) < 4.78 is 10.5. The number of benzene rings is 1. The largest absolute Gasteiger partial charge is 0.371 e. The molecule has 1 aromatic carbocycles. The average molecular weight is 222 g/mol. The van der Waals surface area contributed by atoms with Crippen molar-refractivity contribution in [1.82, 2.24) is 0 Å². The molecule has 0 fully saturated rings. The molecular weight excluding hydrogens is 204 g/mol. The zero-order valence-electron chi connectivity index (χ0n) is 9.81. The van der Waals surface area contributed by atoms with Crippen molar-refractivity contribution in [2.75, 3.05) is 13.2 Å². The molecule has 1 rings (SSSR count). The predicted octanol–water partition coefficient (Wildman–Crippen LogP) is 2.20. The highest BCUT2D eigenvalue weighted by Gasteiger charge is 2.03. The fraction of sp³-hybridized carbons (Fsp3) is 0.462. The third kappa shape index (κ3) is 5.63. The van der Waals surface area contributed by atoms with E-state index in [4.69, 9.17) is 9.47 Å². The Kier molecular flexibility index (Phi) is 5.75. The van der Waals surface area contributed by atoms with Crippen molar-refractivity contribution in [2.45, 2.75) is 26.6 Å². The lowest BCUT2D eigenvalue weighted by atomic mass is 10.2. The van der Waals surface area contributed by atoms with Crippen LogP contribution in [0.1, 0.15) is 19.4 Å². The Morgan fingerprint density at radius 1 is 1.19 bits per heavy atom. The van der Waals surface area contributed by atoms with Crippen molar-refractivity contribution >= 4 is 5.78 Å². The first kappa shape index (κ1) is 12.9. The van der Waals surface area contributed by atoms with Crippen LogP contribution in [0.4, 0.5) is 0 Å². The van der Waals surface area contributed by atoms with E-state index >= 15 is 0 Å². The van der Waals surface area contributed by atoms with Gasteiger partial charge < -0.3 is 9.47 Å². The van der Waals surface area contributed by atoms with Gasteiger partial charge in [-0.15, -0.1) is 0 Å². The van der Waals surface area contributed by atoms with Crippen LogP contribution in [0.25, 0.3) is 0 Å². The fourth-order valence-electron chi connectivity index (χ4n) is 1.16. The summed E-state index contributed by atoms with van der Waals surface area (Å²) in [6.07, 6.45) is 0.0815. The molecule has 0 heterocycles. The van der Waals surface area contributed by atoms with Crippen molar-refractivity contribution in [2.24, 2.45) is 0 Å². The van der Waals surface area contributed by atoms with E-state index in [-0.39, 0.29) is 25.1 Å². The van der Waals surface area contributed by atoms with E-state index in [1.54, 1.807) is 0 Å². The van der Waals surface area contributed by atoms with Gasteiger partial charge in [-0.1, -0.05) is 30.3 Å². The van der Waals surface area contributed by atoms with Crippen LogP contribution in [0.15, 0.2) is 30.3 Å². The van der Waals surface area contributed by atoms with Gasteiger partial charge in [0.05, 0.1) is 12.7 Å². The normalized spacial score (nSPS) is 10.7. The smallest absolute Gasteiger partial charge is 0.184 e. The van der Waals surface area contributed by atoms with Crippen LogP contribution in [-0.4, -0.2) is 25.1 Å². The monoisotopic (exact) mass is 222 g/mol. The minimum Gasteiger partial charge on any atom is -0.371 e. The second kappa shape index (κ2) is 7.14. The molecule has 3 nitrogen and oxygen atoms in total. The van der Waals surface area contributed by atoms with Gasteiger partial charge in [0, 0.05) is 0 Å². The molecule has 0 bridgehead atoms. The van der Waals surface area contributed by atoms with E-state index < -0.39 is 0 Å². The number of ketones is 1. The summed E-state index contributed by atoms with van der Waals surface area (Å²) in [5.41, 5.74) is 1.07. The molecule has 0 amide bonds. The van der Waals surface area contributed by atoms with Crippen LogP contribution in [0, 0.1) is 0 Å². The quantitative estimate of drug-likeness (QED) is 0.709. The molecular formula is C13H18O3. The molecule has 0 unspecified atom stereocenters. The van der Waals surface area contributed by atoms with E-state index in [0.717, 1.165) is 5.56 Å². The van der Waals surface area contributed by atoms with E-state index in [1.807, 2.05) is 44.2 Å². The summed E-state index contributed by atoms with van der Waals surface area (Å²) in [6, 6.07) is 9.78. The van der Waals surface area contributed by atoms with Crippen molar-refractivity contribution in [1.29, 1.82) is 0 Å². The molecule has 1 aromatic rings. The number of Topliss-reactive ketones (excluding diaryl/α,β-unsaturated/α-hetero) is 1. The van der Waals surface area contributed by atoms with Crippen LogP contribution < -0.4 is 0 Å². The molecule has 0 aliphatic rings. The Morgan fingerprint density at radius 2 is 1.88 bits per heavy atom. The fourth-order valence-corrected chi connectivity index (χ4v) is 1.16. The number of hydrogen-bond acceptors (Lipinski definition) is 3. The lowest BCUT2D eigenvalue weighted by Gasteiger charge is -2.07. The highest BCUT2D eigenvalue weighted by molar-refractivity contribution is 5.80. The minimum absolute atomic E-state index is 0.0235. The third-order valence-electron chi connectivity index (χ3n) is 1.95. The number of hydrogen-bond donors (Lipinski definition) is 0. The zero-order valence-corrected chi connectivity index (χ0v) is 9.81. The topological polar surface area (TPSA) is 35.5 Å². The molecule has 0 saturated heterocycles. The summed E-state index contributed by atoms with van der Waals surface area (Å²) >= 11 is 0. The van der Waals surface area contributed by atoms with Gasteiger partial charge in [-0.2, -0.15) is 0 Å². The van der Waals surface area contributed by atoms with E-state index in [2.05, 4.69) is 0 Å². The molecule has 0 aliphatic carbocycles. The van der Waals surface area contributed by atoms with Crippen molar-refractivity contribution in [3.63, 3.8) is 0 Å². The lowest BCUT2D eigenvalue weighted by Crippen LogP contribution is -2.18. The van der Waals surface area contributed by atoms with Crippen molar-refractivity contribution in [3.8, 4) is 0 Å². The second-order valence-electron chi connectivity index (χ2n) is 3.88. The van der Waals surface area contributed by atoms with Crippen molar-refractivity contribution in [3.05, 3.63) is 35.9 Å². The van der Waals surface area contributed by atoms with Gasteiger partial charge >= 0.3 is 0 Å². The molecule has 0 saturated carbocycles. The predicted molar refractivity (Wildman–Crippen MR) is 62.2 cm³/mol. The van der Waals surface area contributed by atoms with Gasteiger partial charge in [0.2, 0.25) is 0 Å². The molecule has 0 radical (unpaired) electrons. The van der Waals surface area contributed by atoms with Gasteiger partial charge in [0.15, 0.2) is 5.78 Å². The Balaban J connectivity index is 2.13. The first-order valence-electron chi connectivity index (χ1n) is 5.43. The zero-order chi connectivity index (χ0) is 11.8. The maximum atomic E-state index is 11.3. The van der Waals surface area contributed by atoms with Crippen LogP contribution >= 0.6 is 0 Å². The van der Waals surface area contributed by atoms with Crippen LogP contribution in [-0.2, 0) is 20.9 Å². The molecule has 16 heavy (non-hydrogen) atoms. The van der Waals surface area contributed by atoms with Gasteiger partial charge in [-0.25, -0.2) is 0 Å². The number of carbonyl (C=O) groups excluding carboxylic acids is 1. The van der Waals surface area contributed by atoms with Crippen LogP contribution in [0.2, 0.25) is 0 Å². The summed E-state index contributed by atoms with van der Waals surface area (Å²) in [6.45, 7) is 4.51. The summed E-state index contributed by atoms with van der Waals surface area (Å²) in [4.78, 5) is 11.3. The Morgan fingerprint density at radius 3 is 2.50 bits per heavy atom. The van der Waals surface area contributed by atoms with E-state index in [9.17, 15) is 4.79 Å². The lowest BCUT2D eigenvalue weighted by molar-refractivity contribution is -0.129. The Hall–Kier alpha value is -1.19. The van der Waals surface area contributed by atoms with Gasteiger partial charge in [-0.3, -0.25) is 4.79 Å². The van der Waals surface area contributed by atoms with Gasteiger partial charge in [-0.05, 0) is 19.4 Å². The first-order valence-corrected chi connectivity index (χ1v) is 5.43. The summed E-state index contributed by atoms with van der Waals surface area (Å²) in [5, 5.41) is 0. The summed E-state index contributed by atoms with van der Waals surface area (Å²) in [5.74, 6) is -0.0235. The minimum atomic E-state index is -0.0235. The maximum Gasteiger partial charge on any atom is 0.184 e. The third-order valence-corrected chi connectivity index (χ3v) is 1.95. The van der Waals surface area contributed by atoms with Gasteiger partial charge in [0.1, 0.15) is 13.2 Å². The Labute approximate surface area is 96.4 Å². The number of carbonyl (C=O) groups is 1. The second-order valence-corrected chi connectivity index (χ2v) is 3.88. The SMILES string of the molecule is CC(C)OCC(=O)COCc1ccccc1. The standard InChI is InChI=1S/C13H18O3/c1-11(2)16-10-13(14)9-15-8-12-6-4-3-5-7-12/h3-7,11H,8-10H2,1-2H3. The molecule has 88 valence electrons. The van der Waals surface area contributed by atoms with Gasteiger partial charge in [0.25, 0.3) is 0 Å². The highest BCUT2D eigenvalue weighted by atomic mass is 16.5. The Bertz CT molecular complexity index is 306. The van der Waals surface area contributed by atoms with E-state index in [0.29, 0.717) is 6.61 Å². The molecule has 0 spiro atoms. The first-order chi connectivity index (χ1) is 7.68.